The van der Waals surface area contributed by atoms with Crippen molar-refractivity contribution in [3.63, 3.8) is 0 Å². The van der Waals surface area contributed by atoms with Crippen LogP contribution < -0.4 is 10.6 Å². The summed E-state index contributed by atoms with van der Waals surface area (Å²) < 4.78 is 5.09. The first-order valence-corrected chi connectivity index (χ1v) is 9.76. The van der Waals surface area contributed by atoms with Gasteiger partial charge in [-0.05, 0) is 77.1 Å². The number of carbonyl (C=O) groups is 3. The maximum absolute atomic E-state index is 12.5. The Labute approximate surface area is 167 Å². The Bertz CT molecular complexity index is 725. The molecule has 0 radical (unpaired) electrons. The van der Waals surface area contributed by atoms with Gasteiger partial charge < -0.3 is 15.4 Å². The van der Waals surface area contributed by atoms with Crippen molar-refractivity contribution in [3.8, 4) is 0 Å². The number of nitrogens with one attached hydrogen (secondary N) is 2. The zero-order valence-electron chi connectivity index (χ0n) is 17.6. The molecule has 0 spiro atoms. The van der Waals surface area contributed by atoms with E-state index in [4.69, 9.17) is 4.74 Å². The number of hydrogen-bond acceptors (Lipinski definition) is 4. The molecule has 0 fully saturated rings. The Balaban J connectivity index is 2.60. The van der Waals surface area contributed by atoms with Crippen molar-refractivity contribution in [2.24, 2.45) is 0 Å². The van der Waals surface area contributed by atoms with E-state index in [0.29, 0.717) is 36.9 Å². The van der Waals surface area contributed by atoms with E-state index in [1.54, 1.807) is 26.0 Å². The normalized spacial score (nSPS) is 12.2. The van der Waals surface area contributed by atoms with Gasteiger partial charge >= 0.3 is 5.97 Å². The van der Waals surface area contributed by atoms with E-state index in [9.17, 15) is 14.4 Å². The fourth-order valence-electron chi connectivity index (χ4n) is 2.56. The second-order valence-corrected chi connectivity index (χ2v) is 6.80. The molecule has 0 aromatic heterocycles. The predicted octanol–water partition coefficient (Wildman–Crippen LogP) is 3.22. The summed E-state index contributed by atoms with van der Waals surface area (Å²) in [6, 6.07) is 4.74. The van der Waals surface area contributed by atoms with E-state index in [0.717, 1.165) is 11.1 Å². The first-order valence-electron chi connectivity index (χ1n) is 9.76. The molecule has 0 saturated heterocycles. The summed E-state index contributed by atoms with van der Waals surface area (Å²) in [5, 5.41) is 5.61. The van der Waals surface area contributed by atoms with Crippen LogP contribution in [0.3, 0.4) is 0 Å². The van der Waals surface area contributed by atoms with Crippen molar-refractivity contribution in [1.82, 2.24) is 10.6 Å². The van der Waals surface area contributed by atoms with Crippen LogP contribution in [-0.2, 0) is 14.3 Å². The Morgan fingerprint density at radius 3 is 2.46 bits per heavy atom. The fourth-order valence-corrected chi connectivity index (χ4v) is 2.56. The third-order valence-electron chi connectivity index (χ3n) is 4.64. The number of amides is 2. The first kappa shape index (κ1) is 23.4. The lowest BCUT2D eigenvalue weighted by Crippen LogP contribution is -2.42. The number of carbonyl (C=O) groups excluding carboxylic acids is 3. The molecule has 0 heterocycles. The van der Waals surface area contributed by atoms with Crippen LogP contribution in [0.25, 0.3) is 0 Å². The van der Waals surface area contributed by atoms with Crippen molar-refractivity contribution in [2.45, 2.75) is 59.9 Å². The number of aryl methyl sites for hydroxylation is 2. The molecule has 1 rings (SSSR count). The summed E-state index contributed by atoms with van der Waals surface area (Å²) in [7, 11) is 0. The molecule has 0 bridgehead atoms. The van der Waals surface area contributed by atoms with Crippen LogP contribution in [0, 0.1) is 13.8 Å². The summed E-state index contributed by atoms with van der Waals surface area (Å²) in [5.41, 5.74) is 3.32. The summed E-state index contributed by atoms with van der Waals surface area (Å²) in [5.74, 6) is -0.820. The molecule has 0 aliphatic heterocycles. The third kappa shape index (κ3) is 7.55. The van der Waals surface area contributed by atoms with Crippen LogP contribution in [-0.4, -0.2) is 37.0 Å². The van der Waals surface area contributed by atoms with Crippen molar-refractivity contribution >= 4 is 17.8 Å². The van der Waals surface area contributed by atoms with E-state index in [1.807, 2.05) is 32.9 Å². The maximum atomic E-state index is 12.5. The van der Waals surface area contributed by atoms with E-state index in [-0.39, 0.29) is 18.4 Å². The molecule has 6 nitrogen and oxygen atoms in total. The number of esters is 1. The van der Waals surface area contributed by atoms with E-state index in [2.05, 4.69) is 10.6 Å². The highest BCUT2D eigenvalue weighted by Gasteiger charge is 2.22. The Morgan fingerprint density at radius 1 is 1.14 bits per heavy atom. The average molecular weight is 389 g/mol. The van der Waals surface area contributed by atoms with Gasteiger partial charge in [-0.25, -0.2) is 4.79 Å². The van der Waals surface area contributed by atoms with Crippen molar-refractivity contribution < 1.29 is 19.1 Å². The van der Waals surface area contributed by atoms with Crippen LogP contribution in [0.1, 0.15) is 61.5 Å². The topological polar surface area (TPSA) is 84.5 Å². The van der Waals surface area contributed by atoms with Gasteiger partial charge in [-0.15, -0.1) is 0 Å². The predicted molar refractivity (Wildman–Crippen MR) is 110 cm³/mol. The van der Waals surface area contributed by atoms with Gasteiger partial charge in [0.15, 0.2) is 0 Å². The molecule has 0 aliphatic rings. The number of unbranched alkanes of at least 4 members (excludes halogenated alkanes) is 1. The van der Waals surface area contributed by atoms with Gasteiger partial charge in [0.25, 0.3) is 5.91 Å². The lowest BCUT2D eigenvalue weighted by Gasteiger charge is -2.18. The standard InChI is InChI=1S/C22H32N2O4/c1-6-15(3)20(25)23-13-9-8-10-19(22(27)28-7-2)24-21(26)18-12-11-16(4)17(5)14-18/h6,11-12,14,19H,7-10,13H2,1-5H3,(H,23,25)(H,24,26)/b15-6+/t19-/m0/s1. The maximum Gasteiger partial charge on any atom is 0.328 e. The van der Waals surface area contributed by atoms with Crippen molar-refractivity contribution in [3.05, 3.63) is 46.5 Å². The van der Waals surface area contributed by atoms with Crippen LogP contribution >= 0.6 is 0 Å². The quantitative estimate of drug-likeness (QED) is 0.366. The van der Waals surface area contributed by atoms with Gasteiger partial charge in [-0.2, -0.15) is 0 Å². The summed E-state index contributed by atoms with van der Waals surface area (Å²) in [6.45, 7) is 10.0. The zero-order chi connectivity index (χ0) is 21.1. The summed E-state index contributed by atoms with van der Waals surface area (Å²) in [6.07, 6.45) is 3.59. The minimum atomic E-state index is -0.706. The van der Waals surface area contributed by atoms with Gasteiger partial charge in [0.1, 0.15) is 6.04 Å². The Hall–Kier alpha value is -2.63. The molecule has 1 aromatic carbocycles. The summed E-state index contributed by atoms with van der Waals surface area (Å²) >= 11 is 0. The van der Waals surface area contributed by atoms with Crippen LogP contribution in [0.2, 0.25) is 0 Å². The third-order valence-corrected chi connectivity index (χ3v) is 4.64. The van der Waals surface area contributed by atoms with Gasteiger partial charge in [-0.1, -0.05) is 12.1 Å². The Morgan fingerprint density at radius 2 is 1.86 bits per heavy atom. The average Bonchev–Trinajstić information content (AvgIpc) is 2.67. The van der Waals surface area contributed by atoms with Gasteiger partial charge in [0.2, 0.25) is 5.91 Å². The molecule has 0 unspecified atom stereocenters. The SMILES string of the molecule is C/C=C(\C)C(=O)NCCCC[C@H](NC(=O)c1ccc(C)c(C)c1)C(=O)OCC. The zero-order valence-corrected chi connectivity index (χ0v) is 17.6. The first-order chi connectivity index (χ1) is 13.3. The van der Waals surface area contributed by atoms with Gasteiger partial charge in [0, 0.05) is 17.7 Å². The summed E-state index contributed by atoms with van der Waals surface area (Å²) in [4.78, 5) is 36.5. The van der Waals surface area contributed by atoms with E-state index in [1.165, 1.54) is 0 Å². The number of allylic oxidation sites excluding steroid dienone is 1. The highest BCUT2D eigenvalue weighted by atomic mass is 16.5. The number of benzene rings is 1. The highest BCUT2D eigenvalue weighted by Crippen LogP contribution is 2.11. The van der Waals surface area contributed by atoms with Crippen molar-refractivity contribution in [1.29, 1.82) is 0 Å². The number of ether oxygens (including phenoxy) is 1. The van der Waals surface area contributed by atoms with Gasteiger partial charge in [-0.3, -0.25) is 9.59 Å². The Kier molecular flexibility index (Phi) is 9.99. The molecule has 28 heavy (non-hydrogen) atoms. The molecule has 2 N–H and O–H groups in total. The van der Waals surface area contributed by atoms with E-state index < -0.39 is 12.0 Å². The molecule has 154 valence electrons. The van der Waals surface area contributed by atoms with Crippen LogP contribution in [0.4, 0.5) is 0 Å². The number of hydrogen-bond donors (Lipinski definition) is 2. The minimum absolute atomic E-state index is 0.0903. The highest BCUT2D eigenvalue weighted by molar-refractivity contribution is 5.97. The minimum Gasteiger partial charge on any atom is -0.464 e. The second kappa shape index (κ2) is 12.0. The molecule has 0 aliphatic carbocycles. The van der Waals surface area contributed by atoms with Crippen molar-refractivity contribution in [2.75, 3.05) is 13.2 Å². The smallest absolute Gasteiger partial charge is 0.328 e. The molecule has 2 amide bonds. The lowest BCUT2D eigenvalue weighted by molar-refractivity contribution is -0.145. The van der Waals surface area contributed by atoms with E-state index >= 15 is 0 Å². The van der Waals surface area contributed by atoms with Crippen LogP contribution in [0.15, 0.2) is 29.8 Å². The molecule has 1 aromatic rings. The number of rotatable bonds is 10. The molecular weight excluding hydrogens is 356 g/mol. The molecular formula is C22H32N2O4. The monoisotopic (exact) mass is 388 g/mol. The molecule has 6 heteroatoms. The fraction of sp³-hybridized carbons (Fsp3) is 0.500. The second-order valence-electron chi connectivity index (χ2n) is 6.80. The largest absolute Gasteiger partial charge is 0.464 e. The van der Waals surface area contributed by atoms with Gasteiger partial charge in [0.05, 0.1) is 6.61 Å². The van der Waals surface area contributed by atoms with Crippen LogP contribution in [0.5, 0.6) is 0 Å². The lowest BCUT2D eigenvalue weighted by atomic mass is 10.0. The molecule has 0 saturated carbocycles. The molecule has 1 atom stereocenters.